The number of nitrogens with two attached hydrogens (primary N) is 1. The number of imidazole rings is 1. The fourth-order valence-electron chi connectivity index (χ4n) is 1.41. The molecule has 1 aromatic rings. The number of carbonyl (C=O) groups excluding carboxylic acids is 1. The summed E-state index contributed by atoms with van der Waals surface area (Å²) >= 11 is 0. The maximum atomic E-state index is 11.6. The second kappa shape index (κ2) is 5.31. The third-order valence-electron chi connectivity index (χ3n) is 2.31. The minimum absolute atomic E-state index is 0.352. The van der Waals surface area contributed by atoms with Crippen molar-refractivity contribution in [1.29, 1.82) is 0 Å². The van der Waals surface area contributed by atoms with Crippen LogP contribution in [0.4, 0.5) is 0 Å². The molecular formula is C12H21N3O2. The number of aromatic nitrogens is 2. The van der Waals surface area contributed by atoms with Crippen LogP contribution in [-0.2, 0) is 16.1 Å². The maximum absolute atomic E-state index is 11.6. The third kappa shape index (κ3) is 4.56. The Kier molecular flexibility index (Phi) is 4.28. The zero-order chi connectivity index (χ0) is 13.1. The van der Waals surface area contributed by atoms with Gasteiger partial charge in [0, 0.05) is 18.9 Å². The van der Waals surface area contributed by atoms with E-state index in [9.17, 15) is 4.79 Å². The van der Waals surface area contributed by atoms with E-state index in [1.165, 1.54) is 0 Å². The van der Waals surface area contributed by atoms with Crippen molar-refractivity contribution >= 4 is 5.97 Å². The third-order valence-corrected chi connectivity index (χ3v) is 2.31. The van der Waals surface area contributed by atoms with Gasteiger partial charge in [0.15, 0.2) is 0 Å². The van der Waals surface area contributed by atoms with E-state index in [1.54, 1.807) is 6.20 Å². The number of esters is 1. The van der Waals surface area contributed by atoms with Crippen LogP contribution in [0.1, 0.15) is 33.0 Å². The van der Waals surface area contributed by atoms with Crippen molar-refractivity contribution in [3.8, 4) is 0 Å². The topological polar surface area (TPSA) is 70.1 Å². The lowest BCUT2D eigenvalue weighted by Crippen LogP contribution is -2.38. The second-order valence-corrected chi connectivity index (χ2v) is 5.10. The Morgan fingerprint density at radius 1 is 1.59 bits per heavy atom. The molecule has 1 atom stereocenters. The Bertz CT molecular complexity index is 379. The van der Waals surface area contributed by atoms with Gasteiger partial charge in [-0.05, 0) is 34.1 Å². The van der Waals surface area contributed by atoms with E-state index in [0.717, 1.165) is 5.82 Å². The Morgan fingerprint density at radius 2 is 2.24 bits per heavy atom. The van der Waals surface area contributed by atoms with Crippen LogP contribution in [0.15, 0.2) is 12.4 Å². The van der Waals surface area contributed by atoms with Crippen molar-refractivity contribution in [3.63, 3.8) is 0 Å². The van der Waals surface area contributed by atoms with Crippen molar-refractivity contribution in [1.82, 2.24) is 9.55 Å². The predicted octanol–water partition coefficient (Wildman–Crippen LogP) is 1.25. The SMILES string of the molecule is Cc1nccn1CCC(N)C(=O)OC(C)(C)C. The Morgan fingerprint density at radius 3 is 2.71 bits per heavy atom. The molecule has 1 rings (SSSR count). The van der Waals surface area contributed by atoms with Gasteiger partial charge in [-0.25, -0.2) is 4.98 Å². The Balaban J connectivity index is 2.42. The molecule has 0 spiro atoms. The molecule has 0 aromatic carbocycles. The first-order chi connectivity index (χ1) is 7.79. The van der Waals surface area contributed by atoms with Crippen LogP contribution in [-0.4, -0.2) is 27.2 Å². The van der Waals surface area contributed by atoms with Gasteiger partial charge in [0.05, 0.1) is 0 Å². The molecule has 96 valence electrons. The highest BCUT2D eigenvalue weighted by atomic mass is 16.6. The molecule has 1 aromatic heterocycles. The molecule has 0 saturated heterocycles. The fraction of sp³-hybridized carbons (Fsp3) is 0.667. The van der Waals surface area contributed by atoms with Crippen molar-refractivity contribution < 1.29 is 9.53 Å². The minimum atomic E-state index is -0.587. The summed E-state index contributed by atoms with van der Waals surface area (Å²) in [7, 11) is 0. The van der Waals surface area contributed by atoms with Crippen molar-refractivity contribution in [2.24, 2.45) is 5.73 Å². The van der Waals surface area contributed by atoms with E-state index in [1.807, 2.05) is 38.5 Å². The van der Waals surface area contributed by atoms with Crippen LogP contribution in [0.3, 0.4) is 0 Å². The van der Waals surface area contributed by atoms with Gasteiger partial charge in [-0.1, -0.05) is 0 Å². The zero-order valence-corrected chi connectivity index (χ0v) is 10.9. The molecule has 0 aliphatic carbocycles. The second-order valence-electron chi connectivity index (χ2n) is 5.10. The highest BCUT2D eigenvalue weighted by molar-refractivity contribution is 5.75. The summed E-state index contributed by atoms with van der Waals surface area (Å²) in [4.78, 5) is 15.7. The molecule has 2 N–H and O–H groups in total. The molecule has 0 aliphatic heterocycles. The van der Waals surface area contributed by atoms with E-state index >= 15 is 0 Å². The number of carbonyl (C=O) groups is 1. The van der Waals surface area contributed by atoms with E-state index in [4.69, 9.17) is 10.5 Å². The molecular weight excluding hydrogens is 218 g/mol. The summed E-state index contributed by atoms with van der Waals surface area (Å²) < 4.78 is 7.17. The molecule has 1 heterocycles. The lowest BCUT2D eigenvalue weighted by atomic mass is 10.1. The summed E-state index contributed by atoms with van der Waals surface area (Å²) in [6.45, 7) is 8.08. The van der Waals surface area contributed by atoms with Crippen molar-refractivity contribution in [2.75, 3.05) is 0 Å². The van der Waals surface area contributed by atoms with Gasteiger partial charge in [-0.3, -0.25) is 4.79 Å². The lowest BCUT2D eigenvalue weighted by Gasteiger charge is -2.22. The van der Waals surface area contributed by atoms with Gasteiger partial charge in [-0.15, -0.1) is 0 Å². The van der Waals surface area contributed by atoms with Crippen LogP contribution < -0.4 is 5.73 Å². The molecule has 0 fully saturated rings. The van der Waals surface area contributed by atoms with Crippen molar-refractivity contribution in [3.05, 3.63) is 18.2 Å². The maximum Gasteiger partial charge on any atom is 0.323 e. The first-order valence-electron chi connectivity index (χ1n) is 5.76. The van der Waals surface area contributed by atoms with Gasteiger partial charge < -0.3 is 15.0 Å². The van der Waals surface area contributed by atoms with E-state index in [0.29, 0.717) is 13.0 Å². The summed E-state index contributed by atoms with van der Waals surface area (Å²) in [5, 5.41) is 0. The van der Waals surface area contributed by atoms with Crippen LogP contribution in [0.25, 0.3) is 0 Å². The molecule has 0 bridgehead atoms. The predicted molar refractivity (Wildman–Crippen MR) is 65.4 cm³/mol. The van der Waals surface area contributed by atoms with Crippen molar-refractivity contribution in [2.45, 2.75) is 52.3 Å². The molecule has 5 heteroatoms. The van der Waals surface area contributed by atoms with Crippen LogP contribution in [0.2, 0.25) is 0 Å². The number of aryl methyl sites for hydroxylation is 2. The van der Waals surface area contributed by atoms with Crippen LogP contribution in [0, 0.1) is 6.92 Å². The Labute approximate surface area is 102 Å². The highest BCUT2D eigenvalue weighted by Gasteiger charge is 2.21. The van der Waals surface area contributed by atoms with Gasteiger partial charge in [-0.2, -0.15) is 0 Å². The largest absolute Gasteiger partial charge is 0.459 e. The fourth-order valence-corrected chi connectivity index (χ4v) is 1.41. The normalized spacial score (nSPS) is 13.5. The van der Waals surface area contributed by atoms with E-state index in [-0.39, 0.29) is 5.97 Å². The van der Waals surface area contributed by atoms with Gasteiger partial charge in [0.2, 0.25) is 0 Å². The summed E-state index contributed by atoms with van der Waals surface area (Å²) in [5.74, 6) is 0.566. The average Bonchev–Trinajstić information content (AvgIpc) is 2.57. The molecule has 0 saturated carbocycles. The standard InChI is InChI=1S/C12H21N3O2/c1-9-14-6-8-15(9)7-5-10(13)11(16)17-12(2,3)4/h6,8,10H,5,7,13H2,1-4H3. The van der Waals surface area contributed by atoms with E-state index < -0.39 is 11.6 Å². The molecule has 5 nitrogen and oxygen atoms in total. The first-order valence-corrected chi connectivity index (χ1v) is 5.76. The highest BCUT2D eigenvalue weighted by Crippen LogP contribution is 2.09. The summed E-state index contributed by atoms with van der Waals surface area (Å²) in [6.07, 6.45) is 4.15. The molecule has 0 amide bonds. The summed E-state index contributed by atoms with van der Waals surface area (Å²) in [5.41, 5.74) is 5.30. The molecule has 17 heavy (non-hydrogen) atoms. The number of hydrogen-bond donors (Lipinski definition) is 1. The van der Waals surface area contributed by atoms with Crippen LogP contribution >= 0.6 is 0 Å². The number of rotatable bonds is 4. The molecule has 1 unspecified atom stereocenters. The van der Waals surface area contributed by atoms with E-state index in [2.05, 4.69) is 4.98 Å². The Hall–Kier alpha value is -1.36. The van der Waals surface area contributed by atoms with Crippen LogP contribution in [0.5, 0.6) is 0 Å². The van der Waals surface area contributed by atoms with Gasteiger partial charge in [0.25, 0.3) is 0 Å². The van der Waals surface area contributed by atoms with Gasteiger partial charge >= 0.3 is 5.97 Å². The smallest absolute Gasteiger partial charge is 0.323 e. The monoisotopic (exact) mass is 239 g/mol. The number of nitrogens with zero attached hydrogens (tertiary/aromatic N) is 2. The summed E-state index contributed by atoms with van der Waals surface area (Å²) in [6, 6.07) is -0.587. The molecule has 0 aliphatic rings. The average molecular weight is 239 g/mol. The number of ether oxygens (including phenoxy) is 1. The minimum Gasteiger partial charge on any atom is -0.459 e. The first kappa shape index (κ1) is 13.7. The number of hydrogen-bond acceptors (Lipinski definition) is 4. The van der Waals surface area contributed by atoms with Gasteiger partial charge in [0.1, 0.15) is 17.5 Å². The quantitative estimate of drug-likeness (QED) is 0.803. The molecule has 0 radical (unpaired) electrons. The lowest BCUT2D eigenvalue weighted by molar-refractivity contribution is -0.156. The zero-order valence-electron chi connectivity index (χ0n) is 10.9.